The summed E-state index contributed by atoms with van der Waals surface area (Å²) in [6.45, 7) is 0. The molecule has 0 spiro atoms. The van der Waals surface area contributed by atoms with Crippen LogP contribution in [-0.4, -0.2) is 4.57 Å². The van der Waals surface area contributed by atoms with Crippen molar-refractivity contribution in [2.75, 3.05) is 0 Å². The SMILES string of the molecule is Fc1ccc(-n2ccc3ccccc32)cc1F. The molecule has 0 atom stereocenters. The first-order chi connectivity index (χ1) is 8.25. The van der Waals surface area contributed by atoms with Crippen LogP contribution in [0.4, 0.5) is 8.78 Å². The van der Waals surface area contributed by atoms with Gasteiger partial charge in [-0.2, -0.15) is 0 Å². The van der Waals surface area contributed by atoms with Gasteiger partial charge in [0.25, 0.3) is 0 Å². The Labute approximate surface area is 96.9 Å². The minimum atomic E-state index is -0.833. The molecule has 3 heteroatoms. The van der Waals surface area contributed by atoms with E-state index in [0.29, 0.717) is 5.69 Å². The fraction of sp³-hybridized carbons (Fsp3) is 0. The van der Waals surface area contributed by atoms with Gasteiger partial charge in [-0.05, 0) is 29.7 Å². The summed E-state index contributed by atoms with van der Waals surface area (Å²) in [6, 6.07) is 13.6. The maximum Gasteiger partial charge on any atom is 0.160 e. The molecular weight excluding hydrogens is 220 g/mol. The van der Waals surface area contributed by atoms with Gasteiger partial charge in [-0.3, -0.25) is 0 Å². The van der Waals surface area contributed by atoms with Crippen LogP contribution >= 0.6 is 0 Å². The van der Waals surface area contributed by atoms with Gasteiger partial charge in [0.15, 0.2) is 11.6 Å². The summed E-state index contributed by atoms with van der Waals surface area (Å²) in [6.07, 6.45) is 1.84. The monoisotopic (exact) mass is 229 g/mol. The zero-order chi connectivity index (χ0) is 11.8. The molecule has 3 rings (SSSR count). The van der Waals surface area contributed by atoms with Crippen molar-refractivity contribution in [2.45, 2.75) is 0 Å². The molecule has 0 aliphatic carbocycles. The van der Waals surface area contributed by atoms with Crippen LogP contribution in [0.25, 0.3) is 16.6 Å². The normalized spacial score (nSPS) is 10.9. The molecule has 0 bridgehead atoms. The minimum Gasteiger partial charge on any atom is -0.316 e. The average molecular weight is 229 g/mol. The summed E-state index contributed by atoms with van der Waals surface area (Å²) in [5.41, 5.74) is 1.59. The van der Waals surface area contributed by atoms with Gasteiger partial charge in [-0.1, -0.05) is 18.2 Å². The maximum atomic E-state index is 13.2. The number of benzene rings is 2. The Balaban J connectivity index is 2.24. The Morgan fingerprint density at radius 2 is 1.65 bits per heavy atom. The van der Waals surface area contributed by atoms with Crippen LogP contribution in [0.1, 0.15) is 0 Å². The molecule has 0 amide bonds. The fourth-order valence-corrected chi connectivity index (χ4v) is 1.94. The smallest absolute Gasteiger partial charge is 0.160 e. The Morgan fingerprint density at radius 1 is 0.824 bits per heavy atom. The standard InChI is InChI=1S/C14H9F2N/c15-12-6-5-11(9-13(12)16)17-8-7-10-3-1-2-4-14(10)17/h1-9H. The number of nitrogens with zero attached hydrogens (tertiary/aromatic N) is 1. The highest BCUT2D eigenvalue weighted by atomic mass is 19.2. The number of para-hydroxylation sites is 1. The molecular formula is C14H9F2N. The highest BCUT2D eigenvalue weighted by Crippen LogP contribution is 2.21. The second-order valence-electron chi connectivity index (χ2n) is 3.84. The van der Waals surface area contributed by atoms with Gasteiger partial charge in [-0.25, -0.2) is 8.78 Å². The average Bonchev–Trinajstić information content (AvgIpc) is 2.76. The third-order valence-corrected chi connectivity index (χ3v) is 2.78. The molecule has 0 saturated heterocycles. The molecule has 1 heterocycles. The zero-order valence-corrected chi connectivity index (χ0v) is 8.90. The first-order valence-corrected chi connectivity index (χ1v) is 5.27. The second-order valence-corrected chi connectivity index (χ2v) is 3.84. The summed E-state index contributed by atoms with van der Waals surface area (Å²) in [4.78, 5) is 0. The molecule has 3 aromatic rings. The highest BCUT2D eigenvalue weighted by molar-refractivity contribution is 5.81. The number of aromatic nitrogens is 1. The minimum absolute atomic E-state index is 0.616. The summed E-state index contributed by atoms with van der Waals surface area (Å²) in [7, 11) is 0. The number of rotatable bonds is 1. The van der Waals surface area contributed by atoms with Crippen LogP contribution in [0.5, 0.6) is 0 Å². The molecule has 1 aromatic heterocycles. The maximum absolute atomic E-state index is 13.2. The van der Waals surface area contributed by atoms with E-state index < -0.39 is 11.6 Å². The number of hydrogen-bond donors (Lipinski definition) is 0. The van der Waals surface area contributed by atoms with E-state index in [0.717, 1.165) is 17.0 Å². The van der Waals surface area contributed by atoms with Gasteiger partial charge in [-0.15, -0.1) is 0 Å². The molecule has 0 unspecified atom stereocenters. The van der Waals surface area contributed by atoms with Gasteiger partial charge < -0.3 is 4.57 Å². The number of halogens is 2. The topological polar surface area (TPSA) is 4.93 Å². The van der Waals surface area contributed by atoms with E-state index in [1.165, 1.54) is 6.07 Å². The summed E-state index contributed by atoms with van der Waals surface area (Å²) in [5, 5.41) is 1.07. The van der Waals surface area contributed by atoms with Crippen molar-refractivity contribution in [2.24, 2.45) is 0 Å². The third kappa shape index (κ3) is 1.60. The van der Waals surface area contributed by atoms with Crippen molar-refractivity contribution in [3.05, 3.63) is 66.4 Å². The van der Waals surface area contributed by atoms with Gasteiger partial charge in [0.1, 0.15) is 0 Å². The second kappa shape index (κ2) is 3.70. The van der Waals surface area contributed by atoms with Crippen molar-refractivity contribution in [1.29, 1.82) is 0 Å². The predicted molar refractivity (Wildman–Crippen MR) is 63.2 cm³/mol. The molecule has 0 aliphatic rings. The molecule has 84 valence electrons. The first kappa shape index (κ1) is 10.0. The molecule has 2 aromatic carbocycles. The highest BCUT2D eigenvalue weighted by Gasteiger charge is 2.06. The molecule has 0 fully saturated rings. The molecule has 0 N–H and O–H groups in total. The molecule has 0 aliphatic heterocycles. The quantitative estimate of drug-likeness (QED) is 0.596. The Bertz CT molecular complexity index is 686. The van der Waals surface area contributed by atoms with Crippen LogP contribution in [0.3, 0.4) is 0 Å². The Morgan fingerprint density at radius 3 is 2.47 bits per heavy atom. The van der Waals surface area contributed by atoms with Gasteiger partial charge >= 0.3 is 0 Å². The van der Waals surface area contributed by atoms with Gasteiger partial charge in [0, 0.05) is 18.0 Å². The lowest BCUT2D eigenvalue weighted by atomic mass is 10.2. The summed E-state index contributed by atoms with van der Waals surface area (Å²) < 4.78 is 27.9. The number of fused-ring (bicyclic) bond motifs is 1. The van der Waals surface area contributed by atoms with E-state index in [1.54, 1.807) is 6.07 Å². The Kier molecular flexibility index (Phi) is 2.18. The lowest BCUT2D eigenvalue weighted by molar-refractivity contribution is 0.508. The van der Waals surface area contributed by atoms with E-state index in [9.17, 15) is 8.78 Å². The molecule has 0 radical (unpaired) electrons. The van der Waals surface area contributed by atoms with Gasteiger partial charge in [0.05, 0.1) is 5.52 Å². The predicted octanol–water partition coefficient (Wildman–Crippen LogP) is 3.91. The molecule has 17 heavy (non-hydrogen) atoms. The lowest BCUT2D eigenvalue weighted by Gasteiger charge is -2.05. The van der Waals surface area contributed by atoms with Crippen molar-refractivity contribution in [1.82, 2.24) is 4.57 Å². The largest absolute Gasteiger partial charge is 0.316 e. The van der Waals surface area contributed by atoms with Crippen molar-refractivity contribution in [3.63, 3.8) is 0 Å². The van der Waals surface area contributed by atoms with Crippen molar-refractivity contribution >= 4 is 10.9 Å². The van der Waals surface area contributed by atoms with Crippen molar-refractivity contribution < 1.29 is 8.78 Å². The lowest BCUT2D eigenvalue weighted by Crippen LogP contribution is -1.94. The van der Waals surface area contributed by atoms with E-state index in [1.807, 2.05) is 41.1 Å². The van der Waals surface area contributed by atoms with E-state index in [-0.39, 0.29) is 0 Å². The van der Waals surface area contributed by atoms with Gasteiger partial charge in [0.2, 0.25) is 0 Å². The van der Waals surface area contributed by atoms with E-state index in [4.69, 9.17) is 0 Å². The Hall–Kier alpha value is -2.16. The van der Waals surface area contributed by atoms with E-state index >= 15 is 0 Å². The van der Waals surface area contributed by atoms with E-state index in [2.05, 4.69) is 0 Å². The first-order valence-electron chi connectivity index (χ1n) is 5.27. The van der Waals surface area contributed by atoms with Crippen LogP contribution < -0.4 is 0 Å². The number of hydrogen-bond acceptors (Lipinski definition) is 0. The fourth-order valence-electron chi connectivity index (χ4n) is 1.94. The zero-order valence-electron chi connectivity index (χ0n) is 8.90. The van der Waals surface area contributed by atoms with Crippen LogP contribution in [0.15, 0.2) is 54.7 Å². The summed E-state index contributed by atoms with van der Waals surface area (Å²) in [5.74, 6) is -1.66. The van der Waals surface area contributed by atoms with Crippen LogP contribution in [0, 0.1) is 11.6 Å². The van der Waals surface area contributed by atoms with Crippen LogP contribution in [-0.2, 0) is 0 Å². The summed E-state index contributed by atoms with van der Waals surface area (Å²) >= 11 is 0. The van der Waals surface area contributed by atoms with Crippen molar-refractivity contribution in [3.8, 4) is 5.69 Å². The molecule has 0 saturated carbocycles. The van der Waals surface area contributed by atoms with Crippen LogP contribution in [0.2, 0.25) is 0 Å². The molecule has 1 nitrogen and oxygen atoms in total. The third-order valence-electron chi connectivity index (χ3n) is 2.78.